The molecule has 0 amide bonds. The van der Waals surface area contributed by atoms with E-state index in [0.717, 1.165) is 0 Å². The Hall–Kier alpha value is -3.21. The Kier molecular flexibility index (Phi) is 4.85. The van der Waals surface area contributed by atoms with Crippen LogP contribution in [0.15, 0.2) is 60.8 Å². The molecular formula is C28H36N5+. The van der Waals surface area contributed by atoms with Gasteiger partial charge in [-0.05, 0) is 64.3 Å². The van der Waals surface area contributed by atoms with Gasteiger partial charge in [-0.3, -0.25) is 4.90 Å². The van der Waals surface area contributed by atoms with Gasteiger partial charge in [0, 0.05) is 25.2 Å². The third kappa shape index (κ3) is 3.01. The maximum absolute atomic E-state index is 2.58. The van der Waals surface area contributed by atoms with Crippen LogP contribution in [0.25, 0.3) is 10.9 Å². The molecule has 4 aromatic rings. The molecule has 2 aromatic heterocycles. The molecule has 0 saturated heterocycles. The Bertz CT molecular complexity index is 1340. The molecule has 5 rings (SSSR count). The lowest BCUT2D eigenvalue weighted by atomic mass is 9.96. The van der Waals surface area contributed by atoms with Gasteiger partial charge in [0.2, 0.25) is 5.82 Å². The highest BCUT2D eigenvalue weighted by Gasteiger charge is 2.45. The minimum Gasteiger partial charge on any atom is -0.346 e. The second-order valence-electron chi connectivity index (χ2n) is 10.2. The lowest BCUT2D eigenvalue weighted by Gasteiger charge is -2.42. The molecule has 0 bridgehead atoms. The van der Waals surface area contributed by atoms with Crippen molar-refractivity contribution in [1.82, 2.24) is 9.13 Å². The molecule has 0 fully saturated rings. The quantitative estimate of drug-likeness (QED) is 0.365. The molecule has 33 heavy (non-hydrogen) atoms. The lowest BCUT2D eigenvalue weighted by Crippen LogP contribution is -2.50. The van der Waals surface area contributed by atoms with E-state index in [1.807, 2.05) is 0 Å². The minimum atomic E-state index is -0.216. The van der Waals surface area contributed by atoms with E-state index in [1.165, 1.54) is 39.6 Å². The fourth-order valence-electron chi connectivity index (χ4n) is 5.86. The van der Waals surface area contributed by atoms with Gasteiger partial charge < -0.3 is 9.47 Å². The predicted octanol–water partition coefficient (Wildman–Crippen LogP) is 5.93. The van der Waals surface area contributed by atoms with Crippen molar-refractivity contribution in [3.63, 3.8) is 0 Å². The molecule has 0 aliphatic carbocycles. The standard InChI is InChI=1S/C28H36N5/c1-19(2)31-18-27(29(7)20(31)3)32-21(4)33(25-16-12-11-15-24(25)32)28(5,6)26-17-22-13-9-10-14-23(22)30(26)8/h9-19,21H,1-8H3/q+1/t21-/m1/s1. The number of hydrogen-bond donors (Lipinski definition) is 0. The van der Waals surface area contributed by atoms with Crippen LogP contribution in [0.4, 0.5) is 17.2 Å². The second kappa shape index (κ2) is 7.41. The fraction of sp³-hybridized carbons (Fsp3) is 0.393. The third-order valence-electron chi connectivity index (χ3n) is 7.59. The van der Waals surface area contributed by atoms with E-state index in [9.17, 15) is 0 Å². The molecule has 0 spiro atoms. The summed E-state index contributed by atoms with van der Waals surface area (Å²) in [4.78, 5) is 5.07. The van der Waals surface area contributed by atoms with Crippen molar-refractivity contribution in [2.75, 3.05) is 9.80 Å². The number of hydrogen-bond acceptors (Lipinski definition) is 2. The number of fused-ring (bicyclic) bond motifs is 2. The van der Waals surface area contributed by atoms with Crippen LogP contribution in [0.1, 0.15) is 52.2 Å². The Morgan fingerprint density at radius 3 is 2.18 bits per heavy atom. The first-order valence-corrected chi connectivity index (χ1v) is 11.9. The maximum atomic E-state index is 2.58. The van der Waals surface area contributed by atoms with Gasteiger partial charge in [0.25, 0.3) is 5.82 Å². The van der Waals surface area contributed by atoms with Crippen molar-refractivity contribution in [3.8, 4) is 0 Å². The van der Waals surface area contributed by atoms with Crippen molar-refractivity contribution in [2.45, 2.75) is 59.3 Å². The SMILES string of the molecule is Cc1n(C)c(N2c3ccccc3N(C(C)(C)c3cc4ccccc4n3C)[C@@H]2C)c[n+]1C(C)C. The molecule has 0 radical (unpaired) electrons. The summed E-state index contributed by atoms with van der Waals surface area (Å²) in [6, 6.07) is 20.3. The van der Waals surface area contributed by atoms with E-state index in [4.69, 9.17) is 0 Å². The fourth-order valence-corrected chi connectivity index (χ4v) is 5.86. The average Bonchev–Trinajstić information content (AvgIpc) is 3.38. The predicted molar refractivity (Wildman–Crippen MR) is 137 cm³/mol. The number of para-hydroxylation sites is 3. The molecule has 0 saturated carbocycles. The maximum Gasteiger partial charge on any atom is 0.254 e. The molecule has 0 N–H and O–H groups in total. The topological polar surface area (TPSA) is 20.2 Å². The number of benzene rings is 2. The van der Waals surface area contributed by atoms with E-state index < -0.39 is 0 Å². The summed E-state index contributed by atoms with van der Waals surface area (Å²) < 4.78 is 7.04. The zero-order chi connectivity index (χ0) is 23.7. The number of nitrogens with zero attached hydrogens (tertiary/aromatic N) is 5. The number of rotatable bonds is 4. The largest absolute Gasteiger partial charge is 0.346 e. The van der Waals surface area contributed by atoms with Crippen LogP contribution in [0.3, 0.4) is 0 Å². The number of imidazole rings is 1. The first-order chi connectivity index (χ1) is 15.6. The molecule has 5 nitrogen and oxygen atoms in total. The summed E-state index contributed by atoms with van der Waals surface area (Å²) in [6.45, 7) is 13.7. The van der Waals surface area contributed by atoms with Crippen molar-refractivity contribution >= 4 is 28.1 Å². The first kappa shape index (κ1) is 21.6. The summed E-state index contributed by atoms with van der Waals surface area (Å²) >= 11 is 0. The Balaban J connectivity index is 1.67. The molecule has 0 unspecified atom stereocenters. The minimum absolute atomic E-state index is 0.157. The monoisotopic (exact) mass is 442 g/mol. The molecular weight excluding hydrogens is 406 g/mol. The molecule has 1 aliphatic heterocycles. The summed E-state index contributed by atoms with van der Waals surface area (Å²) in [5, 5.41) is 1.29. The first-order valence-electron chi connectivity index (χ1n) is 11.9. The molecule has 2 aromatic carbocycles. The Morgan fingerprint density at radius 1 is 0.909 bits per heavy atom. The van der Waals surface area contributed by atoms with Gasteiger partial charge in [-0.1, -0.05) is 30.3 Å². The van der Waals surface area contributed by atoms with Gasteiger partial charge in [-0.2, -0.15) is 0 Å². The molecule has 5 heteroatoms. The molecule has 3 heterocycles. The van der Waals surface area contributed by atoms with E-state index in [1.54, 1.807) is 0 Å². The van der Waals surface area contributed by atoms with Gasteiger partial charge in [-0.15, -0.1) is 0 Å². The molecule has 172 valence electrons. The van der Waals surface area contributed by atoms with Crippen LogP contribution < -0.4 is 14.4 Å². The average molecular weight is 443 g/mol. The zero-order valence-corrected chi connectivity index (χ0v) is 21.2. The van der Waals surface area contributed by atoms with Crippen molar-refractivity contribution in [1.29, 1.82) is 0 Å². The van der Waals surface area contributed by atoms with Crippen LogP contribution in [-0.4, -0.2) is 15.3 Å². The number of aryl methyl sites for hydroxylation is 1. The number of aromatic nitrogens is 3. The summed E-state index contributed by atoms with van der Waals surface area (Å²) in [5.74, 6) is 2.48. The van der Waals surface area contributed by atoms with Crippen molar-refractivity contribution in [3.05, 3.63) is 72.3 Å². The highest BCUT2D eigenvalue weighted by molar-refractivity contribution is 5.85. The van der Waals surface area contributed by atoms with Crippen molar-refractivity contribution in [2.24, 2.45) is 14.1 Å². The highest BCUT2D eigenvalue weighted by Crippen LogP contribution is 2.49. The van der Waals surface area contributed by atoms with Gasteiger partial charge in [0.15, 0.2) is 6.20 Å². The summed E-state index contributed by atoms with van der Waals surface area (Å²) in [5.41, 5.74) is 4.90. The molecule has 1 aliphatic rings. The van der Waals surface area contributed by atoms with E-state index in [2.05, 4.69) is 140 Å². The Morgan fingerprint density at radius 2 is 1.55 bits per heavy atom. The van der Waals surface area contributed by atoms with Crippen LogP contribution >= 0.6 is 0 Å². The van der Waals surface area contributed by atoms with Gasteiger partial charge >= 0.3 is 0 Å². The summed E-state index contributed by atoms with van der Waals surface area (Å²) in [6.07, 6.45) is 2.46. The van der Waals surface area contributed by atoms with Crippen LogP contribution in [0.5, 0.6) is 0 Å². The molecule has 1 atom stereocenters. The highest BCUT2D eigenvalue weighted by atomic mass is 15.5. The van der Waals surface area contributed by atoms with Crippen molar-refractivity contribution < 1.29 is 4.57 Å². The van der Waals surface area contributed by atoms with Gasteiger partial charge in [0.1, 0.15) is 6.17 Å². The second-order valence-corrected chi connectivity index (χ2v) is 10.2. The van der Waals surface area contributed by atoms with Crippen LogP contribution in [0, 0.1) is 6.92 Å². The van der Waals surface area contributed by atoms with Gasteiger partial charge in [0.05, 0.1) is 30.0 Å². The zero-order valence-electron chi connectivity index (χ0n) is 21.2. The lowest BCUT2D eigenvalue weighted by molar-refractivity contribution is -0.721. The number of anilines is 3. The Labute approximate surface area is 197 Å². The van der Waals surface area contributed by atoms with E-state index in [-0.39, 0.29) is 11.7 Å². The van der Waals surface area contributed by atoms with Crippen LogP contribution in [-0.2, 0) is 19.6 Å². The van der Waals surface area contributed by atoms with Gasteiger partial charge in [-0.25, -0.2) is 9.13 Å². The normalized spacial score (nSPS) is 16.3. The smallest absolute Gasteiger partial charge is 0.254 e. The van der Waals surface area contributed by atoms with E-state index >= 15 is 0 Å². The third-order valence-corrected chi connectivity index (χ3v) is 7.59. The van der Waals surface area contributed by atoms with Crippen LogP contribution in [0.2, 0.25) is 0 Å². The van der Waals surface area contributed by atoms with E-state index in [0.29, 0.717) is 6.04 Å². The summed E-state index contributed by atoms with van der Waals surface area (Å²) in [7, 11) is 4.37.